The lowest BCUT2D eigenvalue weighted by atomic mass is 9.96. The number of anilines is 2. The van der Waals surface area contributed by atoms with Gasteiger partial charge in [-0.3, -0.25) is 9.59 Å². The molecule has 2 aromatic rings. The molecule has 0 spiro atoms. The van der Waals surface area contributed by atoms with Crippen LogP contribution < -0.4 is 25.4 Å². The average Bonchev–Trinajstić information content (AvgIpc) is 2.77. The number of benzene rings is 2. The summed E-state index contributed by atoms with van der Waals surface area (Å²) in [6.07, 6.45) is 2.32. The number of carbonyl (C=O) groups is 2. The normalized spacial score (nSPS) is 14.3. The van der Waals surface area contributed by atoms with Crippen LogP contribution in [0, 0.1) is 5.92 Å². The fourth-order valence-electron chi connectivity index (χ4n) is 3.87. The Hall–Kier alpha value is -3.22. The summed E-state index contributed by atoms with van der Waals surface area (Å²) in [5, 5.41) is 3.03. The number of methoxy groups -OCH3 is 2. The highest BCUT2D eigenvalue weighted by Gasteiger charge is 2.24. The highest BCUT2D eigenvalue weighted by Crippen LogP contribution is 2.32. The number of nitrogens with one attached hydrogen (secondary N) is 1. The summed E-state index contributed by atoms with van der Waals surface area (Å²) in [5.41, 5.74) is 8.10. The molecule has 160 valence electrons. The number of primary amides is 1. The maximum Gasteiger partial charge on any atom is 0.224 e. The molecule has 7 nitrogen and oxygen atoms in total. The van der Waals surface area contributed by atoms with Crippen LogP contribution in [0.4, 0.5) is 11.4 Å². The van der Waals surface area contributed by atoms with Crippen LogP contribution in [0.3, 0.4) is 0 Å². The quantitative estimate of drug-likeness (QED) is 0.697. The van der Waals surface area contributed by atoms with Crippen molar-refractivity contribution in [1.29, 1.82) is 0 Å². The summed E-state index contributed by atoms with van der Waals surface area (Å²) < 4.78 is 10.8. The van der Waals surface area contributed by atoms with Crippen molar-refractivity contribution in [1.82, 2.24) is 0 Å². The van der Waals surface area contributed by atoms with Crippen LogP contribution in [-0.4, -0.2) is 39.1 Å². The summed E-state index contributed by atoms with van der Waals surface area (Å²) in [6, 6.07) is 13.4. The smallest absolute Gasteiger partial charge is 0.224 e. The van der Waals surface area contributed by atoms with Crippen LogP contribution in [-0.2, 0) is 16.0 Å². The van der Waals surface area contributed by atoms with Crippen molar-refractivity contribution >= 4 is 23.2 Å². The Balaban J connectivity index is 1.64. The summed E-state index contributed by atoms with van der Waals surface area (Å²) in [7, 11) is 3.19. The van der Waals surface area contributed by atoms with Gasteiger partial charge in [0, 0.05) is 25.4 Å². The Labute approximate surface area is 177 Å². The predicted molar refractivity (Wildman–Crippen MR) is 117 cm³/mol. The van der Waals surface area contributed by atoms with Gasteiger partial charge in [-0.25, -0.2) is 0 Å². The summed E-state index contributed by atoms with van der Waals surface area (Å²) >= 11 is 0. The van der Waals surface area contributed by atoms with Crippen molar-refractivity contribution < 1.29 is 19.1 Å². The van der Waals surface area contributed by atoms with Gasteiger partial charge >= 0.3 is 0 Å². The highest BCUT2D eigenvalue weighted by atomic mass is 16.5. The molecule has 0 radical (unpaired) electrons. The van der Waals surface area contributed by atoms with Crippen LogP contribution >= 0.6 is 0 Å². The van der Waals surface area contributed by atoms with Crippen LogP contribution in [0.2, 0.25) is 0 Å². The van der Waals surface area contributed by atoms with Crippen LogP contribution in [0.15, 0.2) is 42.5 Å². The third-order valence-corrected chi connectivity index (χ3v) is 5.52. The van der Waals surface area contributed by atoms with Gasteiger partial charge in [0.15, 0.2) is 11.5 Å². The standard InChI is InChI=1S/C23H29N3O4/c1-29-20-9-5-6-16(22(20)30-2)10-11-21(27)25-18-7-3-4-8-19(18)26-14-12-17(13-15-26)23(24)28/h3-9,17H,10-15H2,1-2H3,(H2,24,28)(H,25,27). The second-order valence-corrected chi connectivity index (χ2v) is 7.38. The second-order valence-electron chi connectivity index (χ2n) is 7.38. The Morgan fingerprint density at radius 1 is 1.07 bits per heavy atom. The lowest BCUT2D eigenvalue weighted by Crippen LogP contribution is -2.38. The minimum Gasteiger partial charge on any atom is -0.493 e. The number of nitrogens with zero attached hydrogens (tertiary/aromatic N) is 1. The zero-order valence-electron chi connectivity index (χ0n) is 17.5. The molecule has 0 bridgehead atoms. The fraction of sp³-hybridized carbons (Fsp3) is 0.391. The van der Waals surface area contributed by atoms with E-state index in [1.54, 1.807) is 14.2 Å². The second kappa shape index (κ2) is 10.0. The van der Waals surface area contributed by atoms with Crippen LogP contribution in [0.5, 0.6) is 11.5 Å². The number of hydrogen-bond donors (Lipinski definition) is 2. The number of piperidine rings is 1. The van der Waals surface area contributed by atoms with E-state index in [0.29, 0.717) is 24.3 Å². The monoisotopic (exact) mass is 411 g/mol. The summed E-state index contributed by atoms with van der Waals surface area (Å²) in [4.78, 5) is 26.3. The molecule has 2 aromatic carbocycles. The van der Waals surface area contributed by atoms with Gasteiger partial charge < -0.3 is 25.4 Å². The molecular formula is C23H29N3O4. The molecule has 1 aliphatic heterocycles. The third kappa shape index (κ3) is 5.03. The number of hydrogen-bond acceptors (Lipinski definition) is 5. The first-order valence-electron chi connectivity index (χ1n) is 10.2. The summed E-state index contributed by atoms with van der Waals surface area (Å²) in [6.45, 7) is 1.48. The van der Waals surface area contributed by atoms with Gasteiger partial charge in [-0.1, -0.05) is 24.3 Å². The minimum atomic E-state index is -0.232. The number of rotatable bonds is 8. The van der Waals surface area contributed by atoms with E-state index in [-0.39, 0.29) is 17.7 Å². The molecular weight excluding hydrogens is 382 g/mol. The van der Waals surface area contributed by atoms with Gasteiger partial charge in [0.1, 0.15) is 0 Å². The Morgan fingerprint density at radius 2 is 1.80 bits per heavy atom. The molecule has 0 saturated carbocycles. The van der Waals surface area contributed by atoms with E-state index in [1.807, 2.05) is 42.5 Å². The lowest BCUT2D eigenvalue weighted by Gasteiger charge is -2.33. The highest BCUT2D eigenvalue weighted by molar-refractivity contribution is 5.94. The molecule has 1 fully saturated rings. The lowest BCUT2D eigenvalue weighted by molar-refractivity contribution is -0.122. The van der Waals surface area contributed by atoms with Gasteiger partial charge in [-0.2, -0.15) is 0 Å². The molecule has 3 N–H and O–H groups in total. The van der Waals surface area contributed by atoms with E-state index in [9.17, 15) is 9.59 Å². The van der Waals surface area contributed by atoms with E-state index in [4.69, 9.17) is 15.2 Å². The van der Waals surface area contributed by atoms with Crippen molar-refractivity contribution in [3.63, 3.8) is 0 Å². The number of para-hydroxylation sites is 3. The largest absolute Gasteiger partial charge is 0.493 e. The zero-order chi connectivity index (χ0) is 21.5. The molecule has 0 unspecified atom stereocenters. The van der Waals surface area contributed by atoms with E-state index in [1.165, 1.54) is 0 Å². The molecule has 30 heavy (non-hydrogen) atoms. The van der Waals surface area contributed by atoms with E-state index < -0.39 is 0 Å². The van der Waals surface area contributed by atoms with Gasteiger partial charge in [-0.15, -0.1) is 0 Å². The number of carbonyl (C=O) groups excluding carboxylic acids is 2. The Morgan fingerprint density at radius 3 is 2.47 bits per heavy atom. The third-order valence-electron chi connectivity index (χ3n) is 5.52. The van der Waals surface area contributed by atoms with Crippen molar-refractivity contribution in [3.8, 4) is 11.5 Å². The van der Waals surface area contributed by atoms with Crippen LogP contribution in [0.25, 0.3) is 0 Å². The predicted octanol–water partition coefficient (Wildman–Crippen LogP) is 2.98. The first kappa shape index (κ1) is 21.5. The van der Waals surface area contributed by atoms with Crippen molar-refractivity contribution in [2.45, 2.75) is 25.7 Å². The number of aryl methyl sites for hydroxylation is 1. The molecule has 1 heterocycles. The van der Waals surface area contributed by atoms with Gasteiger partial charge in [-0.05, 0) is 43.0 Å². The molecule has 0 aromatic heterocycles. The number of ether oxygens (including phenoxy) is 2. The topological polar surface area (TPSA) is 93.9 Å². The van der Waals surface area contributed by atoms with Crippen LogP contribution in [0.1, 0.15) is 24.8 Å². The van der Waals surface area contributed by atoms with Gasteiger partial charge in [0.2, 0.25) is 11.8 Å². The molecule has 7 heteroatoms. The Bertz CT molecular complexity index is 892. The molecule has 1 saturated heterocycles. The summed E-state index contributed by atoms with van der Waals surface area (Å²) in [5.74, 6) is 0.940. The van der Waals surface area contributed by atoms with Crippen molar-refractivity contribution in [2.24, 2.45) is 11.7 Å². The Kier molecular flexibility index (Phi) is 7.17. The number of nitrogens with two attached hydrogens (primary N) is 1. The SMILES string of the molecule is COc1cccc(CCC(=O)Nc2ccccc2N2CCC(C(N)=O)CC2)c1OC. The maximum atomic E-state index is 12.7. The maximum absolute atomic E-state index is 12.7. The molecule has 2 amide bonds. The molecule has 0 aliphatic carbocycles. The van der Waals surface area contributed by atoms with Crippen molar-refractivity contribution in [2.75, 3.05) is 37.5 Å². The first-order chi connectivity index (χ1) is 14.5. The van der Waals surface area contributed by atoms with Gasteiger partial charge in [0.25, 0.3) is 0 Å². The van der Waals surface area contributed by atoms with E-state index in [0.717, 1.165) is 42.9 Å². The number of amides is 2. The zero-order valence-corrected chi connectivity index (χ0v) is 17.5. The molecule has 1 aliphatic rings. The minimum absolute atomic E-state index is 0.0687. The molecule has 0 atom stereocenters. The fourth-order valence-corrected chi connectivity index (χ4v) is 3.87. The van der Waals surface area contributed by atoms with Crippen molar-refractivity contribution in [3.05, 3.63) is 48.0 Å². The molecule has 3 rings (SSSR count). The van der Waals surface area contributed by atoms with E-state index >= 15 is 0 Å². The average molecular weight is 412 g/mol. The van der Waals surface area contributed by atoms with E-state index in [2.05, 4.69) is 10.2 Å². The first-order valence-corrected chi connectivity index (χ1v) is 10.2. The van der Waals surface area contributed by atoms with Gasteiger partial charge in [0.05, 0.1) is 25.6 Å².